The third kappa shape index (κ3) is 4.25. The Labute approximate surface area is 136 Å². The number of nitrogens with one attached hydrogen (secondary N) is 2. The summed E-state index contributed by atoms with van der Waals surface area (Å²) >= 11 is 1.94. The molecule has 0 aliphatic carbocycles. The topological polar surface area (TPSA) is 59.2 Å². The van der Waals surface area contributed by atoms with E-state index in [-0.39, 0.29) is 5.60 Å². The second-order valence-electron chi connectivity index (χ2n) is 6.31. The smallest absolute Gasteiger partial charge is 0.0925 e. The zero-order chi connectivity index (χ0) is 15.3. The van der Waals surface area contributed by atoms with Gasteiger partial charge in [0, 0.05) is 49.6 Å². The van der Waals surface area contributed by atoms with Crippen molar-refractivity contribution in [1.29, 1.82) is 0 Å². The molecule has 2 N–H and O–H groups in total. The number of nitrogens with zero attached hydrogens (tertiary/aromatic N) is 1. The van der Waals surface area contributed by atoms with Crippen LogP contribution >= 0.6 is 11.8 Å². The van der Waals surface area contributed by atoms with Gasteiger partial charge in [0.2, 0.25) is 0 Å². The van der Waals surface area contributed by atoms with Crippen LogP contribution in [0.25, 0.3) is 0 Å². The highest BCUT2D eigenvalue weighted by atomic mass is 32.2. The van der Waals surface area contributed by atoms with Gasteiger partial charge in [-0.15, -0.1) is 0 Å². The van der Waals surface area contributed by atoms with Gasteiger partial charge in [-0.05, 0) is 32.6 Å². The van der Waals surface area contributed by atoms with Crippen molar-refractivity contribution in [3.63, 3.8) is 0 Å². The van der Waals surface area contributed by atoms with Crippen molar-refractivity contribution in [2.75, 3.05) is 32.1 Å². The van der Waals surface area contributed by atoms with Crippen LogP contribution in [0.4, 0.5) is 0 Å². The Bertz CT molecular complexity index is 454. The molecule has 0 saturated carbocycles. The van der Waals surface area contributed by atoms with Crippen molar-refractivity contribution in [2.24, 2.45) is 0 Å². The lowest BCUT2D eigenvalue weighted by atomic mass is 9.84. The van der Waals surface area contributed by atoms with E-state index in [0.29, 0.717) is 6.04 Å². The molecule has 0 radical (unpaired) electrons. The minimum absolute atomic E-state index is 0.0907. The van der Waals surface area contributed by atoms with Crippen molar-refractivity contribution in [1.82, 2.24) is 15.3 Å². The molecule has 0 aromatic carbocycles. The number of rotatable bonds is 6. The average molecular weight is 325 g/mol. The number of ether oxygens (including phenoxy) is 2. The largest absolute Gasteiger partial charge is 0.381 e. The highest BCUT2D eigenvalue weighted by Gasteiger charge is 2.38. The maximum absolute atomic E-state index is 6.09. The second-order valence-corrected chi connectivity index (χ2v) is 7.42. The van der Waals surface area contributed by atoms with Crippen LogP contribution in [0, 0.1) is 6.92 Å². The lowest BCUT2D eigenvalue weighted by Crippen LogP contribution is -2.50. The second kappa shape index (κ2) is 7.81. The Kier molecular flexibility index (Phi) is 5.79. The molecule has 0 amide bonds. The SMILES string of the molecule is Cc1[nH]cnc1CSCCN[C@H]1CCOC2(CCOCC2)C1. The third-order valence-corrected chi connectivity index (χ3v) is 5.72. The van der Waals surface area contributed by atoms with Crippen LogP contribution in [-0.4, -0.2) is 53.7 Å². The van der Waals surface area contributed by atoms with Crippen LogP contribution in [0.15, 0.2) is 6.33 Å². The molecule has 0 bridgehead atoms. The summed E-state index contributed by atoms with van der Waals surface area (Å²) in [7, 11) is 0. The molecular weight excluding hydrogens is 298 g/mol. The fourth-order valence-electron chi connectivity index (χ4n) is 3.33. The lowest BCUT2D eigenvalue weighted by molar-refractivity contribution is -0.140. The van der Waals surface area contributed by atoms with E-state index in [9.17, 15) is 0 Å². The first-order chi connectivity index (χ1) is 10.8. The Morgan fingerprint density at radius 3 is 3.05 bits per heavy atom. The van der Waals surface area contributed by atoms with Crippen LogP contribution in [0.3, 0.4) is 0 Å². The minimum atomic E-state index is 0.0907. The Hall–Kier alpha value is -0.560. The fourth-order valence-corrected chi connectivity index (χ4v) is 4.22. The number of aromatic nitrogens is 2. The van der Waals surface area contributed by atoms with E-state index in [0.717, 1.165) is 63.6 Å². The Morgan fingerprint density at radius 1 is 1.41 bits per heavy atom. The monoisotopic (exact) mass is 325 g/mol. The highest BCUT2D eigenvalue weighted by molar-refractivity contribution is 7.98. The number of thioether (sulfide) groups is 1. The minimum Gasteiger partial charge on any atom is -0.381 e. The van der Waals surface area contributed by atoms with Gasteiger partial charge in [0.1, 0.15) is 0 Å². The lowest BCUT2D eigenvalue weighted by Gasteiger charge is -2.43. The van der Waals surface area contributed by atoms with Gasteiger partial charge in [-0.25, -0.2) is 4.98 Å². The summed E-state index contributed by atoms with van der Waals surface area (Å²) in [5.74, 6) is 2.12. The molecule has 22 heavy (non-hydrogen) atoms. The molecule has 2 aliphatic rings. The van der Waals surface area contributed by atoms with Gasteiger partial charge in [-0.3, -0.25) is 0 Å². The van der Waals surface area contributed by atoms with Crippen molar-refractivity contribution in [3.8, 4) is 0 Å². The number of aromatic amines is 1. The van der Waals surface area contributed by atoms with Crippen LogP contribution in [-0.2, 0) is 15.2 Å². The summed E-state index contributed by atoms with van der Waals surface area (Å²) in [6.45, 7) is 5.73. The van der Waals surface area contributed by atoms with Crippen molar-refractivity contribution in [2.45, 2.75) is 50.0 Å². The molecule has 1 aromatic heterocycles. The standard InChI is InChI=1S/C16H27N3O2S/c1-13-15(19-12-18-13)11-22-9-5-17-14-2-6-21-16(10-14)3-7-20-8-4-16/h12,14,17H,2-11H2,1H3,(H,18,19)/t14-/m0/s1. The van der Waals surface area contributed by atoms with Crippen LogP contribution in [0.5, 0.6) is 0 Å². The van der Waals surface area contributed by atoms with E-state index in [1.54, 1.807) is 6.33 Å². The van der Waals surface area contributed by atoms with Gasteiger partial charge >= 0.3 is 0 Å². The molecule has 2 aliphatic heterocycles. The molecule has 1 aromatic rings. The van der Waals surface area contributed by atoms with Crippen LogP contribution in [0.2, 0.25) is 0 Å². The summed E-state index contributed by atoms with van der Waals surface area (Å²) in [6.07, 6.45) is 6.15. The number of H-pyrrole nitrogens is 1. The normalized spacial score (nSPS) is 24.7. The highest BCUT2D eigenvalue weighted by Crippen LogP contribution is 2.34. The summed E-state index contributed by atoms with van der Waals surface area (Å²) in [5, 5.41) is 3.72. The van der Waals surface area contributed by atoms with Crippen LogP contribution in [0.1, 0.15) is 37.1 Å². The number of hydrogen-bond acceptors (Lipinski definition) is 5. The van der Waals surface area contributed by atoms with Crippen LogP contribution < -0.4 is 5.32 Å². The molecule has 2 saturated heterocycles. The first-order valence-corrected chi connectivity index (χ1v) is 9.45. The van der Waals surface area contributed by atoms with Gasteiger partial charge in [-0.2, -0.15) is 11.8 Å². The van der Waals surface area contributed by atoms with Crippen molar-refractivity contribution >= 4 is 11.8 Å². The quantitative estimate of drug-likeness (QED) is 0.786. The third-order valence-electron chi connectivity index (χ3n) is 4.75. The maximum atomic E-state index is 6.09. The predicted molar refractivity (Wildman–Crippen MR) is 89.2 cm³/mol. The molecule has 0 unspecified atom stereocenters. The van der Waals surface area contributed by atoms with Gasteiger partial charge in [0.05, 0.1) is 17.6 Å². The molecule has 5 nitrogen and oxygen atoms in total. The van der Waals surface area contributed by atoms with E-state index < -0.39 is 0 Å². The molecule has 1 atom stereocenters. The molecule has 1 spiro atoms. The Balaban J connectivity index is 1.34. The fraction of sp³-hybridized carbons (Fsp3) is 0.812. The predicted octanol–water partition coefficient (Wildman–Crippen LogP) is 2.27. The molecule has 2 fully saturated rings. The summed E-state index contributed by atoms with van der Waals surface area (Å²) < 4.78 is 11.6. The first kappa shape index (κ1) is 16.3. The number of imidazole rings is 1. The zero-order valence-corrected chi connectivity index (χ0v) is 14.2. The van der Waals surface area contributed by atoms with Crippen molar-refractivity contribution < 1.29 is 9.47 Å². The van der Waals surface area contributed by atoms with E-state index >= 15 is 0 Å². The van der Waals surface area contributed by atoms with Gasteiger partial charge < -0.3 is 19.8 Å². The number of hydrogen-bond donors (Lipinski definition) is 2. The summed E-state index contributed by atoms with van der Waals surface area (Å²) in [6, 6.07) is 0.597. The first-order valence-electron chi connectivity index (χ1n) is 8.29. The average Bonchev–Trinajstić information content (AvgIpc) is 2.93. The number of aryl methyl sites for hydroxylation is 1. The molecule has 6 heteroatoms. The zero-order valence-electron chi connectivity index (χ0n) is 13.4. The van der Waals surface area contributed by atoms with E-state index in [1.807, 2.05) is 11.8 Å². The molecule has 3 rings (SSSR count). The summed E-state index contributed by atoms with van der Waals surface area (Å²) in [4.78, 5) is 7.47. The van der Waals surface area contributed by atoms with Gasteiger partial charge in [0.25, 0.3) is 0 Å². The van der Waals surface area contributed by atoms with Crippen molar-refractivity contribution in [3.05, 3.63) is 17.7 Å². The van der Waals surface area contributed by atoms with E-state index in [1.165, 1.54) is 11.4 Å². The van der Waals surface area contributed by atoms with Gasteiger partial charge in [0.15, 0.2) is 0 Å². The van der Waals surface area contributed by atoms with E-state index in [2.05, 4.69) is 22.2 Å². The molecule has 3 heterocycles. The Morgan fingerprint density at radius 2 is 2.27 bits per heavy atom. The maximum Gasteiger partial charge on any atom is 0.0925 e. The van der Waals surface area contributed by atoms with E-state index in [4.69, 9.17) is 9.47 Å². The van der Waals surface area contributed by atoms with Gasteiger partial charge in [-0.1, -0.05) is 0 Å². The summed E-state index contributed by atoms with van der Waals surface area (Å²) in [5.41, 5.74) is 2.46. The molecule has 124 valence electrons. The molecular formula is C16H27N3O2S.